The lowest BCUT2D eigenvalue weighted by atomic mass is 10.0. The SMILES string of the molecule is O=C(Cc1ccc(-c2ccccc2)cc1)NCC1(Cn2cccn2)CC1. The Morgan fingerprint density at radius 1 is 1.00 bits per heavy atom. The third-order valence-corrected chi connectivity index (χ3v) is 5.10. The predicted molar refractivity (Wildman–Crippen MR) is 102 cm³/mol. The first-order chi connectivity index (χ1) is 12.7. The zero-order valence-electron chi connectivity index (χ0n) is 14.8. The minimum atomic E-state index is 0.0872. The van der Waals surface area contributed by atoms with Crippen molar-refractivity contribution in [2.24, 2.45) is 5.41 Å². The molecule has 0 radical (unpaired) electrons. The van der Waals surface area contributed by atoms with Gasteiger partial charge in [0.1, 0.15) is 0 Å². The van der Waals surface area contributed by atoms with Crippen LogP contribution in [0.2, 0.25) is 0 Å². The van der Waals surface area contributed by atoms with Crippen LogP contribution in [0.3, 0.4) is 0 Å². The Kier molecular flexibility index (Phi) is 4.57. The van der Waals surface area contributed by atoms with Crippen molar-refractivity contribution in [2.75, 3.05) is 6.54 Å². The number of rotatable bonds is 7. The van der Waals surface area contributed by atoms with Gasteiger partial charge in [-0.1, -0.05) is 54.6 Å². The summed E-state index contributed by atoms with van der Waals surface area (Å²) in [6.45, 7) is 1.61. The van der Waals surface area contributed by atoms with Crippen molar-refractivity contribution in [1.29, 1.82) is 0 Å². The van der Waals surface area contributed by atoms with Crippen molar-refractivity contribution < 1.29 is 4.79 Å². The molecule has 1 aliphatic carbocycles. The fourth-order valence-corrected chi connectivity index (χ4v) is 3.28. The zero-order valence-corrected chi connectivity index (χ0v) is 14.8. The average Bonchev–Trinajstić information content (AvgIpc) is 3.25. The molecule has 4 nitrogen and oxygen atoms in total. The van der Waals surface area contributed by atoms with Gasteiger partial charge in [-0.15, -0.1) is 0 Å². The number of nitrogens with zero attached hydrogens (tertiary/aromatic N) is 2. The Hall–Kier alpha value is -2.88. The van der Waals surface area contributed by atoms with Crippen LogP contribution in [-0.2, 0) is 17.8 Å². The number of amides is 1. The summed E-state index contributed by atoms with van der Waals surface area (Å²) >= 11 is 0. The molecule has 1 aromatic heterocycles. The molecule has 26 heavy (non-hydrogen) atoms. The molecule has 0 unspecified atom stereocenters. The van der Waals surface area contributed by atoms with Crippen molar-refractivity contribution in [3.8, 4) is 11.1 Å². The molecule has 3 aromatic rings. The van der Waals surface area contributed by atoms with E-state index < -0.39 is 0 Å². The van der Waals surface area contributed by atoms with E-state index in [1.807, 2.05) is 47.3 Å². The van der Waals surface area contributed by atoms with Crippen molar-refractivity contribution >= 4 is 5.91 Å². The van der Waals surface area contributed by atoms with Gasteiger partial charge in [0.25, 0.3) is 0 Å². The van der Waals surface area contributed by atoms with E-state index >= 15 is 0 Å². The van der Waals surface area contributed by atoms with Crippen LogP contribution in [0.5, 0.6) is 0 Å². The van der Waals surface area contributed by atoms with E-state index in [9.17, 15) is 4.79 Å². The Labute approximate surface area is 153 Å². The van der Waals surface area contributed by atoms with Gasteiger partial charge in [-0.25, -0.2) is 0 Å². The summed E-state index contributed by atoms with van der Waals surface area (Å²) in [5.74, 6) is 0.0872. The third kappa shape index (κ3) is 4.02. The van der Waals surface area contributed by atoms with Crippen molar-refractivity contribution in [3.05, 3.63) is 78.6 Å². The van der Waals surface area contributed by atoms with Crippen molar-refractivity contribution in [3.63, 3.8) is 0 Å². The predicted octanol–water partition coefficient (Wildman–Crippen LogP) is 3.69. The van der Waals surface area contributed by atoms with E-state index in [1.54, 1.807) is 6.20 Å². The fourth-order valence-electron chi connectivity index (χ4n) is 3.28. The second kappa shape index (κ2) is 7.16. The van der Waals surface area contributed by atoms with Gasteiger partial charge in [0, 0.05) is 30.9 Å². The highest BCUT2D eigenvalue weighted by Gasteiger charge is 2.43. The van der Waals surface area contributed by atoms with Crippen LogP contribution in [0, 0.1) is 5.41 Å². The first kappa shape index (κ1) is 16.6. The van der Waals surface area contributed by atoms with Crippen LogP contribution in [0.1, 0.15) is 18.4 Å². The molecule has 1 amide bonds. The van der Waals surface area contributed by atoms with E-state index in [1.165, 1.54) is 11.1 Å². The third-order valence-electron chi connectivity index (χ3n) is 5.10. The quantitative estimate of drug-likeness (QED) is 0.710. The van der Waals surface area contributed by atoms with Gasteiger partial charge in [0.05, 0.1) is 6.42 Å². The van der Waals surface area contributed by atoms with Gasteiger partial charge in [-0.3, -0.25) is 9.48 Å². The minimum absolute atomic E-state index is 0.0872. The van der Waals surface area contributed by atoms with Gasteiger partial charge < -0.3 is 5.32 Å². The highest BCUT2D eigenvalue weighted by Crippen LogP contribution is 2.46. The Morgan fingerprint density at radius 2 is 1.73 bits per heavy atom. The molecular formula is C22H23N3O. The highest BCUT2D eigenvalue weighted by atomic mass is 16.1. The van der Waals surface area contributed by atoms with E-state index in [-0.39, 0.29) is 11.3 Å². The lowest BCUT2D eigenvalue weighted by Crippen LogP contribution is -2.33. The summed E-state index contributed by atoms with van der Waals surface area (Å²) in [5.41, 5.74) is 3.60. The molecule has 4 rings (SSSR count). The molecule has 1 N–H and O–H groups in total. The van der Waals surface area contributed by atoms with E-state index in [0.717, 1.165) is 31.5 Å². The standard InChI is InChI=1S/C22H23N3O/c26-21(23-16-22(11-12-22)17-25-14-4-13-24-25)15-18-7-9-20(10-8-18)19-5-2-1-3-6-19/h1-10,13-14H,11-12,15-17H2,(H,23,26). The molecule has 4 heteroatoms. The second-order valence-electron chi connectivity index (χ2n) is 7.22. The normalized spacial score (nSPS) is 14.8. The summed E-state index contributed by atoms with van der Waals surface area (Å²) in [4.78, 5) is 12.3. The Bertz CT molecular complexity index is 850. The van der Waals surface area contributed by atoms with Crippen LogP contribution < -0.4 is 5.32 Å². The maximum absolute atomic E-state index is 12.3. The summed E-state index contributed by atoms with van der Waals surface area (Å²) in [6, 6.07) is 20.5. The number of carbonyl (C=O) groups is 1. The number of hydrogen-bond acceptors (Lipinski definition) is 2. The van der Waals surface area contributed by atoms with E-state index in [4.69, 9.17) is 0 Å². The lowest BCUT2D eigenvalue weighted by molar-refractivity contribution is -0.120. The highest BCUT2D eigenvalue weighted by molar-refractivity contribution is 5.79. The number of carbonyl (C=O) groups excluding carboxylic acids is 1. The zero-order chi connectivity index (χ0) is 17.8. The average molecular weight is 345 g/mol. The molecule has 1 saturated carbocycles. The van der Waals surface area contributed by atoms with Gasteiger partial charge in [0.2, 0.25) is 5.91 Å². The van der Waals surface area contributed by atoms with Crippen LogP contribution in [0.15, 0.2) is 73.1 Å². The topological polar surface area (TPSA) is 46.9 Å². The first-order valence-corrected chi connectivity index (χ1v) is 9.11. The molecule has 1 fully saturated rings. The molecule has 1 aliphatic rings. The van der Waals surface area contributed by atoms with Gasteiger partial charge >= 0.3 is 0 Å². The van der Waals surface area contributed by atoms with Crippen LogP contribution in [0.4, 0.5) is 0 Å². The van der Waals surface area contributed by atoms with E-state index in [2.05, 4.69) is 34.7 Å². The Morgan fingerprint density at radius 3 is 2.38 bits per heavy atom. The molecule has 0 aliphatic heterocycles. The summed E-state index contributed by atoms with van der Waals surface area (Å²) < 4.78 is 1.96. The van der Waals surface area contributed by atoms with Gasteiger partial charge in [-0.2, -0.15) is 5.10 Å². The molecule has 1 heterocycles. The largest absolute Gasteiger partial charge is 0.355 e. The van der Waals surface area contributed by atoms with Crippen molar-refractivity contribution in [1.82, 2.24) is 15.1 Å². The lowest BCUT2D eigenvalue weighted by Gasteiger charge is -2.16. The summed E-state index contributed by atoms with van der Waals surface area (Å²) in [5, 5.41) is 7.39. The smallest absolute Gasteiger partial charge is 0.224 e. The maximum Gasteiger partial charge on any atom is 0.224 e. The number of hydrogen-bond donors (Lipinski definition) is 1. The molecule has 0 spiro atoms. The minimum Gasteiger partial charge on any atom is -0.355 e. The van der Waals surface area contributed by atoms with Gasteiger partial charge in [0.15, 0.2) is 0 Å². The fraction of sp³-hybridized carbons (Fsp3) is 0.273. The van der Waals surface area contributed by atoms with Crippen molar-refractivity contribution in [2.45, 2.75) is 25.8 Å². The molecule has 2 aromatic carbocycles. The molecule has 132 valence electrons. The maximum atomic E-state index is 12.3. The van der Waals surface area contributed by atoms with E-state index in [0.29, 0.717) is 6.42 Å². The van der Waals surface area contributed by atoms with Crippen LogP contribution in [0.25, 0.3) is 11.1 Å². The summed E-state index contributed by atoms with van der Waals surface area (Å²) in [6.07, 6.45) is 6.51. The number of benzene rings is 2. The van der Waals surface area contributed by atoms with Crippen LogP contribution >= 0.6 is 0 Å². The molecule has 0 saturated heterocycles. The molecule has 0 atom stereocenters. The summed E-state index contributed by atoms with van der Waals surface area (Å²) in [7, 11) is 0. The van der Waals surface area contributed by atoms with Gasteiger partial charge in [-0.05, 0) is 35.6 Å². The molecular weight excluding hydrogens is 322 g/mol. The monoisotopic (exact) mass is 345 g/mol. The second-order valence-corrected chi connectivity index (χ2v) is 7.22. The Balaban J connectivity index is 1.30. The molecule has 0 bridgehead atoms. The first-order valence-electron chi connectivity index (χ1n) is 9.11. The number of nitrogens with one attached hydrogen (secondary N) is 1. The van der Waals surface area contributed by atoms with Crippen LogP contribution in [-0.4, -0.2) is 22.2 Å². The number of aromatic nitrogens is 2.